The third-order valence-electron chi connectivity index (χ3n) is 1.35. The highest BCUT2D eigenvalue weighted by Crippen LogP contribution is 2.10. The van der Waals surface area contributed by atoms with Crippen LogP contribution in [0.5, 0.6) is 0 Å². The Morgan fingerprint density at radius 1 is 1.56 bits per heavy atom. The first-order valence-corrected chi connectivity index (χ1v) is 3.01. The Labute approximate surface area is 54.4 Å². The third-order valence-corrected chi connectivity index (χ3v) is 1.35. The van der Waals surface area contributed by atoms with E-state index in [2.05, 4.69) is 4.89 Å². The molecule has 0 heterocycles. The van der Waals surface area contributed by atoms with Gasteiger partial charge in [-0.05, 0) is 11.7 Å². The van der Waals surface area contributed by atoms with Crippen LogP contribution in [0, 0.1) is 5.92 Å². The Morgan fingerprint density at radius 3 is 3.00 bits per heavy atom. The molecule has 0 aliphatic heterocycles. The lowest BCUT2D eigenvalue weighted by atomic mass is 10.0. The van der Waals surface area contributed by atoms with Crippen molar-refractivity contribution in [3.8, 4) is 0 Å². The number of hydrogen-bond acceptors (Lipinski definition) is 1. The van der Waals surface area contributed by atoms with Gasteiger partial charge in [-0.1, -0.05) is 24.3 Å². The molecule has 0 amide bonds. The normalized spacial score (nSPS) is 24.8. The van der Waals surface area contributed by atoms with Gasteiger partial charge in [0.25, 0.3) is 0 Å². The van der Waals surface area contributed by atoms with Gasteiger partial charge in [0.05, 0.1) is 6.61 Å². The largest absolute Gasteiger partial charge is 0.203 e. The van der Waals surface area contributed by atoms with E-state index in [1.54, 1.807) is 0 Å². The fourth-order valence-corrected chi connectivity index (χ4v) is 0.843. The van der Waals surface area contributed by atoms with Gasteiger partial charge in [0, 0.05) is 5.92 Å². The van der Waals surface area contributed by atoms with Crippen molar-refractivity contribution in [1.82, 2.24) is 0 Å². The van der Waals surface area contributed by atoms with Gasteiger partial charge in [-0.3, -0.25) is 0 Å². The molecule has 0 aromatic rings. The molecule has 1 aliphatic carbocycles. The van der Waals surface area contributed by atoms with Crippen LogP contribution in [0.4, 0.5) is 0 Å². The average Bonchev–Trinajstić information content (AvgIpc) is 1.91. The number of allylic oxidation sites excluding steroid dienone is 3. The van der Waals surface area contributed by atoms with Crippen LogP contribution in [0.25, 0.3) is 0 Å². The molecule has 0 fully saturated rings. The van der Waals surface area contributed by atoms with Crippen LogP contribution < -0.4 is 0 Å². The molecular weight excluding hydrogens is 116 g/mol. The van der Waals surface area contributed by atoms with Crippen molar-refractivity contribution in [3.63, 3.8) is 0 Å². The molecule has 1 rings (SSSR count). The topological polar surface area (TPSA) is 29.1 Å². The second kappa shape index (κ2) is 3.43. The second-order valence-electron chi connectivity index (χ2n) is 2.09. The molecular formula is C7H9O2. The van der Waals surface area contributed by atoms with Crippen molar-refractivity contribution >= 4 is 0 Å². The minimum atomic E-state index is 0.292. The summed E-state index contributed by atoms with van der Waals surface area (Å²) >= 11 is 0. The van der Waals surface area contributed by atoms with E-state index in [9.17, 15) is 5.26 Å². The minimum absolute atomic E-state index is 0.292. The van der Waals surface area contributed by atoms with Crippen LogP contribution >= 0.6 is 0 Å². The lowest BCUT2D eigenvalue weighted by molar-refractivity contribution is -0.308. The predicted molar refractivity (Wildman–Crippen MR) is 33.0 cm³/mol. The Kier molecular flexibility index (Phi) is 2.48. The first kappa shape index (κ1) is 6.52. The van der Waals surface area contributed by atoms with Crippen LogP contribution in [0.2, 0.25) is 0 Å². The summed E-state index contributed by atoms with van der Waals surface area (Å²) in [7, 11) is 0. The summed E-state index contributed by atoms with van der Waals surface area (Å²) in [6.07, 6.45) is 8.86. The second-order valence-corrected chi connectivity index (χ2v) is 2.09. The van der Waals surface area contributed by atoms with Crippen molar-refractivity contribution in [3.05, 3.63) is 24.3 Å². The van der Waals surface area contributed by atoms with E-state index in [4.69, 9.17) is 0 Å². The van der Waals surface area contributed by atoms with Gasteiger partial charge in [-0.15, -0.1) is 0 Å². The van der Waals surface area contributed by atoms with Crippen molar-refractivity contribution < 1.29 is 10.1 Å². The summed E-state index contributed by atoms with van der Waals surface area (Å²) in [5, 5.41) is 9.64. The van der Waals surface area contributed by atoms with Gasteiger partial charge in [-0.25, -0.2) is 4.89 Å². The van der Waals surface area contributed by atoms with Crippen molar-refractivity contribution in [2.45, 2.75) is 6.42 Å². The van der Waals surface area contributed by atoms with Gasteiger partial charge in [0.15, 0.2) is 0 Å². The molecule has 49 valence electrons. The van der Waals surface area contributed by atoms with Crippen LogP contribution in [0.1, 0.15) is 6.42 Å². The Bertz CT molecular complexity index is 127. The highest BCUT2D eigenvalue weighted by Gasteiger charge is 2.03. The highest BCUT2D eigenvalue weighted by molar-refractivity contribution is 5.10. The van der Waals surface area contributed by atoms with Gasteiger partial charge in [0.1, 0.15) is 0 Å². The van der Waals surface area contributed by atoms with Gasteiger partial charge in [-0.2, -0.15) is 0 Å². The monoisotopic (exact) mass is 125 g/mol. The summed E-state index contributed by atoms with van der Waals surface area (Å²) in [5.41, 5.74) is 0. The van der Waals surface area contributed by atoms with Crippen molar-refractivity contribution in [2.24, 2.45) is 5.92 Å². The van der Waals surface area contributed by atoms with E-state index in [-0.39, 0.29) is 0 Å². The summed E-state index contributed by atoms with van der Waals surface area (Å²) in [4.78, 5) is 3.75. The summed E-state index contributed by atoms with van der Waals surface area (Å²) in [6.45, 7) is 0.292. The zero-order valence-electron chi connectivity index (χ0n) is 5.12. The SMILES string of the molecule is [O]OCC1C=CC=CC1. The van der Waals surface area contributed by atoms with Crippen LogP contribution in [0.15, 0.2) is 24.3 Å². The molecule has 2 nitrogen and oxygen atoms in total. The highest BCUT2D eigenvalue weighted by atomic mass is 17.1. The first-order chi connectivity index (χ1) is 4.43. The summed E-state index contributed by atoms with van der Waals surface area (Å²) in [5.74, 6) is 0.299. The zero-order valence-corrected chi connectivity index (χ0v) is 5.12. The molecule has 0 aromatic heterocycles. The molecule has 1 unspecified atom stereocenters. The van der Waals surface area contributed by atoms with Crippen LogP contribution in [-0.4, -0.2) is 6.61 Å². The van der Waals surface area contributed by atoms with Gasteiger partial charge >= 0.3 is 0 Å². The predicted octanol–water partition coefficient (Wildman–Crippen LogP) is 1.48. The average molecular weight is 125 g/mol. The van der Waals surface area contributed by atoms with E-state index in [1.165, 1.54) is 0 Å². The smallest absolute Gasteiger partial charge is 0.0920 e. The minimum Gasteiger partial charge on any atom is -0.203 e. The maximum atomic E-state index is 9.64. The van der Waals surface area contributed by atoms with E-state index in [0.29, 0.717) is 12.5 Å². The molecule has 1 aliphatic rings. The lowest BCUT2D eigenvalue weighted by Crippen LogP contribution is -2.04. The Hall–Kier alpha value is -0.600. The molecule has 1 radical (unpaired) electrons. The number of rotatable bonds is 2. The zero-order chi connectivity index (χ0) is 6.53. The molecule has 0 bridgehead atoms. The van der Waals surface area contributed by atoms with Crippen LogP contribution in [-0.2, 0) is 10.1 Å². The molecule has 9 heavy (non-hydrogen) atoms. The summed E-state index contributed by atoms with van der Waals surface area (Å²) < 4.78 is 0. The maximum absolute atomic E-state index is 9.64. The molecule has 0 saturated heterocycles. The van der Waals surface area contributed by atoms with Crippen molar-refractivity contribution in [2.75, 3.05) is 6.61 Å². The van der Waals surface area contributed by atoms with E-state index < -0.39 is 0 Å². The number of hydrogen-bond donors (Lipinski definition) is 0. The van der Waals surface area contributed by atoms with Gasteiger partial charge < -0.3 is 0 Å². The van der Waals surface area contributed by atoms with E-state index in [1.807, 2.05) is 24.3 Å². The molecule has 0 aromatic carbocycles. The quantitative estimate of drug-likeness (QED) is 0.406. The molecule has 0 saturated carbocycles. The molecule has 0 N–H and O–H groups in total. The fourth-order valence-electron chi connectivity index (χ4n) is 0.843. The van der Waals surface area contributed by atoms with Gasteiger partial charge in [0.2, 0.25) is 0 Å². The standard InChI is InChI=1S/C7H9O2/c8-9-6-7-4-2-1-3-5-7/h1-4,7H,5-6H2. The molecule has 1 atom stereocenters. The third kappa shape index (κ3) is 2.00. The Balaban J connectivity index is 2.28. The van der Waals surface area contributed by atoms with Crippen LogP contribution in [0.3, 0.4) is 0 Å². The lowest BCUT2D eigenvalue weighted by Gasteiger charge is -2.07. The fraction of sp³-hybridized carbons (Fsp3) is 0.429. The molecule has 2 heteroatoms. The van der Waals surface area contributed by atoms with E-state index >= 15 is 0 Å². The maximum Gasteiger partial charge on any atom is 0.0920 e. The molecule has 0 spiro atoms. The van der Waals surface area contributed by atoms with Crippen molar-refractivity contribution in [1.29, 1.82) is 0 Å². The summed E-state index contributed by atoms with van der Waals surface area (Å²) in [6, 6.07) is 0. The first-order valence-electron chi connectivity index (χ1n) is 3.01. The van der Waals surface area contributed by atoms with E-state index in [0.717, 1.165) is 6.42 Å². The Morgan fingerprint density at radius 2 is 2.44 bits per heavy atom.